The second kappa shape index (κ2) is 4.29. The van der Waals surface area contributed by atoms with Gasteiger partial charge in [0.1, 0.15) is 0 Å². The molecule has 0 nitrogen and oxygen atoms in total. The molecule has 0 aliphatic carbocycles. The molecule has 0 heterocycles. The van der Waals surface area contributed by atoms with Crippen molar-refractivity contribution >= 4 is 40.3 Å². The summed E-state index contributed by atoms with van der Waals surface area (Å²) in [6, 6.07) is 8.44. The van der Waals surface area contributed by atoms with E-state index in [2.05, 4.69) is 50.7 Å². The van der Waals surface area contributed by atoms with Gasteiger partial charge in [0.15, 0.2) is 0 Å². The minimum Gasteiger partial charge on any atom is -0.296 e. The third-order valence-electron chi connectivity index (χ3n) is 1.62. The van der Waals surface area contributed by atoms with Crippen molar-refractivity contribution < 1.29 is 0 Å². The summed E-state index contributed by atoms with van der Waals surface area (Å²) in [5, 5.41) is 0. The normalized spacial score (nSPS) is 8.91. The van der Waals surface area contributed by atoms with E-state index in [1.807, 2.05) is 0 Å². The topological polar surface area (TPSA) is 0 Å². The smallest absolute Gasteiger partial charge is 0.296 e. The Labute approximate surface area is 83.3 Å². The van der Waals surface area contributed by atoms with Gasteiger partial charge in [-0.3, -0.25) is 12.9 Å². The maximum atomic E-state index is 3.94. The van der Waals surface area contributed by atoms with Gasteiger partial charge in [0.25, 0.3) is 0 Å². The van der Waals surface area contributed by atoms with E-state index in [-0.39, 0.29) is 18.2 Å². The van der Waals surface area contributed by atoms with E-state index in [9.17, 15) is 0 Å². The van der Waals surface area contributed by atoms with Gasteiger partial charge >= 0.3 is 18.2 Å². The van der Waals surface area contributed by atoms with Crippen LogP contribution in [0.15, 0.2) is 30.8 Å². The second-order valence-electron chi connectivity index (χ2n) is 2.57. The summed E-state index contributed by atoms with van der Waals surface area (Å²) < 4.78 is 1.44. The lowest BCUT2D eigenvalue weighted by Gasteiger charge is -2.05. The van der Waals surface area contributed by atoms with Gasteiger partial charge in [0.05, 0.1) is 0 Å². The van der Waals surface area contributed by atoms with E-state index in [4.69, 9.17) is 0 Å². The highest BCUT2D eigenvalue weighted by Gasteiger charge is 2.01. The van der Waals surface area contributed by atoms with E-state index in [0.717, 1.165) is 5.57 Å². The molecule has 54 valence electrons. The molecule has 0 atom stereocenters. The van der Waals surface area contributed by atoms with Crippen molar-refractivity contribution in [1.82, 2.24) is 0 Å². The first-order valence-corrected chi connectivity index (χ1v) is 8.16. The van der Waals surface area contributed by atoms with Crippen molar-refractivity contribution in [2.45, 2.75) is 6.92 Å². The molecule has 0 saturated heterocycles. The Morgan fingerprint density at radius 2 is 2.09 bits per heavy atom. The molecule has 0 amide bonds. The van der Waals surface area contributed by atoms with E-state index in [0.29, 0.717) is 0 Å². The van der Waals surface area contributed by atoms with Crippen molar-refractivity contribution in [3.63, 3.8) is 0 Å². The summed E-state index contributed by atoms with van der Waals surface area (Å²) in [6.45, 7) is 5.99. The molecule has 11 heavy (non-hydrogen) atoms. The number of halogens is 1. The van der Waals surface area contributed by atoms with Crippen LogP contribution in [0.5, 0.6) is 0 Å². The van der Waals surface area contributed by atoms with Crippen LogP contribution in [0.1, 0.15) is 12.5 Å². The van der Waals surface area contributed by atoms with Gasteiger partial charge in [-0.05, 0) is 12.5 Å². The summed E-state index contributed by atoms with van der Waals surface area (Å²) in [7, 11) is 0. The third kappa shape index (κ3) is 2.32. The lowest BCUT2D eigenvalue weighted by Crippen LogP contribution is -2.12. The predicted octanol–water partition coefficient (Wildman–Crippen LogP) is 2.36. The molecule has 1 aromatic rings. The molecule has 0 aliphatic rings. The molecule has 0 bridgehead atoms. The van der Waals surface area contributed by atoms with E-state index < -0.39 is 0 Å². The molecule has 0 aromatic heterocycles. The number of rotatable bonds is 2. The fourth-order valence-corrected chi connectivity index (χ4v) is 3.31. The minimum atomic E-state index is -0.229. The van der Waals surface area contributed by atoms with Crippen LogP contribution in [0.25, 0.3) is 5.57 Å². The van der Waals surface area contributed by atoms with Crippen LogP contribution in [0.3, 0.4) is 0 Å². The zero-order chi connectivity index (χ0) is 8.27. The summed E-state index contributed by atoms with van der Waals surface area (Å²) in [5.41, 5.74) is 2.48. The lowest BCUT2D eigenvalue weighted by molar-refractivity contribution is 1.63. The van der Waals surface area contributed by atoms with E-state index in [1.165, 1.54) is 9.26 Å². The quantitative estimate of drug-likeness (QED) is 0.673. The monoisotopic (exact) mass is 220 g/mol. The van der Waals surface area contributed by atoms with Crippen molar-refractivity contribution in [2.24, 2.45) is 0 Å². The highest BCUT2D eigenvalue weighted by atomic mass is 79.9. The Hall–Kier alpha value is 0.206. The Bertz CT molecular complexity index is 268. The summed E-state index contributed by atoms with van der Waals surface area (Å²) in [5.74, 6) is 0. The first-order chi connectivity index (χ1) is 5.25. The number of hydrogen-bond acceptors (Lipinski definition) is 0. The molecule has 0 radical (unpaired) electrons. The molecular weight excluding hydrogens is 212 g/mol. The molecule has 0 saturated carbocycles. The van der Waals surface area contributed by atoms with Crippen LogP contribution < -0.4 is 3.69 Å². The number of allylic oxidation sites excluding steroid dienone is 1. The van der Waals surface area contributed by atoms with E-state index >= 15 is 0 Å². The van der Waals surface area contributed by atoms with Gasteiger partial charge in [-0.25, -0.2) is 0 Å². The van der Waals surface area contributed by atoms with Gasteiger partial charge in [-0.1, -0.05) is 36.4 Å². The Morgan fingerprint density at radius 1 is 1.45 bits per heavy atom. The highest BCUT2D eigenvalue weighted by molar-refractivity contribution is 9.23. The van der Waals surface area contributed by atoms with Gasteiger partial charge in [-0.15, -0.1) is 3.69 Å². The molecule has 1 aromatic carbocycles. The average molecular weight is 221 g/mol. The zero-order valence-corrected chi connectivity index (χ0v) is 9.60. The average Bonchev–Trinajstić information content (AvgIpc) is 2.04. The molecule has 2 heteroatoms. The van der Waals surface area contributed by atoms with Crippen LogP contribution in [0, 0.1) is 0 Å². The molecule has 0 fully saturated rings. The van der Waals surface area contributed by atoms with Crippen molar-refractivity contribution in [3.05, 3.63) is 36.4 Å². The third-order valence-corrected chi connectivity index (χ3v) is 4.34. The first-order valence-electron chi connectivity index (χ1n) is 3.55. The summed E-state index contributed by atoms with van der Waals surface area (Å²) >= 11 is 3.35. The molecule has 0 spiro atoms. The van der Waals surface area contributed by atoms with Crippen LogP contribution in [0.4, 0.5) is 0 Å². The SMILES string of the molecule is C=C(C)c1cccc[c]1[Mg][Br]. The minimum absolute atomic E-state index is 0.229. The Balaban J connectivity index is 3.12. The fraction of sp³-hybridized carbons (Fsp3) is 0.111. The van der Waals surface area contributed by atoms with Crippen LogP contribution in [0.2, 0.25) is 0 Å². The first kappa shape index (κ1) is 9.30. The highest BCUT2D eigenvalue weighted by Crippen LogP contribution is 2.07. The molecular formula is C9H9BrMg. The molecule has 0 N–H and O–H groups in total. The lowest BCUT2D eigenvalue weighted by atomic mass is 10.1. The Kier molecular flexibility index (Phi) is 3.62. The second-order valence-corrected chi connectivity index (χ2v) is 5.28. The maximum absolute atomic E-state index is 3.94. The van der Waals surface area contributed by atoms with Gasteiger partial charge < -0.3 is 0 Å². The molecule has 0 aliphatic heterocycles. The van der Waals surface area contributed by atoms with Crippen molar-refractivity contribution in [1.29, 1.82) is 0 Å². The van der Waals surface area contributed by atoms with E-state index in [1.54, 1.807) is 0 Å². The fourth-order valence-electron chi connectivity index (χ4n) is 1.05. The maximum Gasteiger partial charge on any atom is 0.507 e. The van der Waals surface area contributed by atoms with Crippen LogP contribution in [-0.2, 0) is 0 Å². The van der Waals surface area contributed by atoms with Crippen LogP contribution >= 0.6 is 12.9 Å². The van der Waals surface area contributed by atoms with Crippen molar-refractivity contribution in [3.8, 4) is 0 Å². The summed E-state index contributed by atoms with van der Waals surface area (Å²) in [6.07, 6.45) is 0. The van der Waals surface area contributed by atoms with Gasteiger partial charge in [-0.2, -0.15) is 0 Å². The largest absolute Gasteiger partial charge is 0.507 e. The summed E-state index contributed by atoms with van der Waals surface area (Å²) in [4.78, 5) is 0. The number of benzene rings is 1. The molecule has 0 unspecified atom stereocenters. The molecule has 1 rings (SSSR count). The van der Waals surface area contributed by atoms with Gasteiger partial charge in [0, 0.05) is 0 Å². The van der Waals surface area contributed by atoms with Crippen LogP contribution in [-0.4, -0.2) is 18.2 Å². The standard InChI is InChI=1S/C9H9.BrH.Mg/c1-8(2)9-6-4-3-5-7-9;;/h3-6H,1H2,2H3;1H;/q;;+1/p-1. The number of hydrogen-bond donors (Lipinski definition) is 0. The zero-order valence-electron chi connectivity index (χ0n) is 6.60. The van der Waals surface area contributed by atoms with Crippen molar-refractivity contribution in [2.75, 3.05) is 0 Å². The van der Waals surface area contributed by atoms with Gasteiger partial charge in [0.2, 0.25) is 0 Å². The predicted molar refractivity (Wildman–Crippen MR) is 55.5 cm³/mol. The Morgan fingerprint density at radius 3 is 2.55 bits per heavy atom.